The molecule has 19 heavy (non-hydrogen) atoms. The summed E-state index contributed by atoms with van der Waals surface area (Å²) in [6, 6.07) is 12.7. The van der Waals surface area contributed by atoms with Crippen molar-refractivity contribution in [1.29, 1.82) is 5.26 Å². The summed E-state index contributed by atoms with van der Waals surface area (Å²) >= 11 is 0. The summed E-state index contributed by atoms with van der Waals surface area (Å²) in [5.74, 6) is -0.386. The highest BCUT2D eigenvalue weighted by Crippen LogP contribution is 2.30. The first kappa shape index (κ1) is 13.7. The zero-order valence-electron chi connectivity index (χ0n) is 11.3. The second-order valence-electron chi connectivity index (χ2n) is 5.42. The molecule has 0 fully saturated rings. The third-order valence-corrected chi connectivity index (χ3v) is 3.71. The molecule has 0 saturated heterocycles. The number of halogens is 1. The van der Waals surface area contributed by atoms with Crippen molar-refractivity contribution >= 4 is 19.1 Å². The van der Waals surface area contributed by atoms with Crippen LogP contribution in [0.1, 0.15) is 11.7 Å². The first-order valence-electron chi connectivity index (χ1n) is 6.17. The van der Waals surface area contributed by atoms with Gasteiger partial charge in [0.15, 0.2) is 14.4 Å². The molecular formula is C15H16FNOSi. The number of nitriles is 1. The Morgan fingerprint density at radius 1 is 1.16 bits per heavy atom. The predicted molar refractivity (Wildman–Crippen MR) is 76.7 cm³/mol. The summed E-state index contributed by atoms with van der Waals surface area (Å²) in [6.07, 6.45) is -0.849. The zero-order valence-corrected chi connectivity index (χ0v) is 12.3. The van der Waals surface area contributed by atoms with Crippen LogP contribution >= 0.6 is 0 Å². The van der Waals surface area contributed by atoms with E-state index in [1.54, 1.807) is 6.07 Å². The Labute approximate surface area is 113 Å². The van der Waals surface area contributed by atoms with Gasteiger partial charge in [0.2, 0.25) is 0 Å². The maximum atomic E-state index is 14.1. The van der Waals surface area contributed by atoms with E-state index in [2.05, 4.69) is 6.07 Å². The van der Waals surface area contributed by atoms with Crippen molar-refractivity contribution in [2.45, 2.75) is 25.7 Å². The topological polar surface area (TPSA) is 33.0 Å². The fraction of sp³-hybridized carbons (Fsp3) is 0.267. The van der Waals surface area contributed by atoms with Crippen LogP contribution in [0.15, 0.2) is 36.4 Å². The molecule has 0 heterocycles. The summed E-state index contributed by atoms with van der Waals surface area (Å²) in [5, 5.41) is 11.0. The van der Waals surface area contributed by atoms with Gasteiger partial charge in [-0.05, 0) is 36.5 Å². The molecule has 0 bridgehead atoms. The maximum absolute atomic E-state index is 14.1. The van der Waals surface area contributed by atoms with Crippen LogP contribution in [0.5, 0.6) is 0 Å². The summed E-state index contributed by atoms with van der Waals surface area (Å²) in [7, 11) is -1.92. The van der Waals surface area contributed by atoms with E-state index in [4.69, 9.17) is 4.43 Å². The Balaban J connectivity index is 2.60. The van der Waals surface area contributed by atoms with Gasteiger partial charge in [0.1, 0.15) is 5.82 Å². The molecule has 0 aliphatic heterocycles. The second kappa shape index (κ2) is 5.12. The second-order valence-corrected chi connectivity index (χ2v) is 9.88. The molecule has 0 saturated carbocycles. The summed E-state index contributed by atoms with van der Waals surface area (Å²) in [6.45, 7) is 5.96. The number of benzene rings is 2. The number of nitrogens with zero attached hydrogens (tertiary/aromatic N) is 1. The highest BCUT2D eigenvalue weighted by atomic mass is 28.4. The first-order valence-corrected chi connectivity index (χ1v) is 9.58. The summed E-state index contributed by atoms with van der Waals surface area (Å²) in [4.78, 5) is 0. The van der Waals surface area contributed by atoms with Gasteiger partial charge in [0.05, 0.1) is 6.07 Å². The minimum atomic E-state index is -1.92. The normalized spacial score (nSPS) is 13.2. The van der Waals surface area contributed by atoms with Crippen LogP contribution in [-0.2, 0) is 4.43 Å². The molecule has 2 nitrogen and oxygen atoms in total. The van der Waals surface area contributed by atoms with Gasteiger partial charge in [-0.1, -0.05) is 30.3 Å². The Kier molecular flexibility index (Phi) is 3.70. The van der Waals surface area contributed by atoms with Gasteiger partial charge in [0, 0.05) is 5.56 Å². The average molecular weight is 273 g/mol. The van der Waals surface area contributed by atoms with Crippen molar-refractivity contribution in [2.24, 2.45) is 0 Å². The molecular weight excluding hydrogens is 257 g/mol. The van der Waals surface area contributed by atoms with Crippen LogP contribution in [0, 0.1) is 17.1 Å². The van der Waals surface area contributed by atoms with Crippen LogP contribution in [0.2, 0.25) is 19.6 Å². The molecule has 98 valence electrons. The SMILES string of the molecule is C[Si](C)(C)OC(C#N)c1c(F)ccc2ccccc12. The van der Waals surface area contributed by atoms with Crippen molar-refractivity contribution in [1.82, 2.24) is 0 Å². The third-order valence-electron chi connectivity index (χ3n) is 2.77. The number of hydrogen-bond donors (Lipinski definition) is 0. The fourth-order valence-corrected chi connectivity index (χ4v) is 2.92. The summed E-state index contributed by atoms with van der Waals surface area (Å²) in [5.41, 5.74) is 0.350. The standard InChI is InChI=1S/C15H16FNOSi/c1-19(2,3)18-14(10-17)15-12-7-5-4-6-11(12)8-9-13(15)16/h4-9,14H,1-3H3. The van der Waals surface area contributed by atoms with E-state index in [1.807, 2.05) is 43.9 Å². The lowest BCUT2D eigenvalue weighted by atomic mass is 10.0. The van der Waals surface area contributed by atoms with E-state index < -0.39 is 14.4 Å². The van der Waals surface area contributed by atoms with Crippen molar-refractivity contribution in [2.75, 3.05) is 0 Å². The Bertz CT molecular complexity index is 643. The van der Waals surface area contributed by atoms with E-state index in [-0.39, 0.29) is 5.82 Å². The molecule has 4 heteroatoms. The van der Waals surface area contributed by atoms with Crippen molar-refractivity contribution in [3.05, 3.63) is 47.8 Å². The molecule has 0 radical (unpaired) electrons. The lowest BCUT2D eigenvalue weighted by Crippen LogP contribution is -2.28. The minimum absolute atomic E-state index is 0.350. The maximum Gasteiger partial charge on any atom is 0.186 e. The molecule has 0 aliphatic carbocycles. The van der Waals surface area contributed by atoms with Crippen LogP contribution in [-0.4, -0.2) is 8.32 Å². The predicted octanol–water partition coefficient (Wildman–Crippen LogP) is 4.40. The molecule has 0 spiro atoms. The molecule has 0 N–H and O–H groups in total. The largest absolute Gasteiger partial charge is 0.399 e. The molecule has 0 amide bonds. The molecule has 0 aromatic heterocycles. The Hall–Kier alpha value is -1.70. The molecule has 2 aromatic carbocycles. The smallest absolute Gasteiger partial charge is 0.186 e. The average Bonchev–Trinajstić information content (AvgIpc) is 2.35. The van der Waals surface area contributed by atoms with E-state index in [1.165, 1.54) is 6.07 Å². The minimum Gasteiger partial charge on any atom is -0.399 e. The quantitative estimate of drug-likeness (QED) is 0.777. The Morgan fingerprint density at radius 2 is 1.84 bits per heavy atom. The van der Waals surface area contributed by atoms with Crippen molar-refractivity contribution in [3.63, 3.8) is 0 Å². The number of hydrogen-bond acceptors (Lipinski definition) is 2. The van der Waals surface area contributed by atoms with E-state index in [0.29, 0.717) is 5.56 Å². The van der Waals surface area contributed by atoms with Gasteiger partial charge >= 0.3 is 0 Å². The zero-order chi connectivity index (χ0) is 14.0. The molecule has 1 atom stereocenters. The highest BCUT2D eigenvalue weighted by Gasteiger charge is 2.25. The van der Waals surface area contributed by atoms with Gasteiger partial charge < -0.3 is 4.43 Å². The van der Waals surface area contributed by atoms with Crippen LogP contribution in [0.3, 0.4) is 0 Å². The molecule has 2 rings (SSSR count). The lowest BCUT2D eigenvalue weighted by Gasteiger charge is -2.23. The van der Waals surface area contributed by atoms with Crippen LogP contribution in [0.25, 0.3) is 10.8 Å². The summed E-state index contributed by atoms with van der Waals surface area (Å²) < 4.78 is 19.9. The fourth-order valence-electron chi connectivity index (χ4n) is 2.04. The van der Waals surface area contributed by atoms with Gasteiger partial charge in [-0.3, -0.25) is 0 Å². The van der Waals surface area contributed by atoms with Gasteiger partial charge in [-0.25, -0.2) is 4.39 Å². The van der Waals surface area contributed by atoms with Crippen LogP contribution < -0.4 is 0 Å². The Morgan fingerprint density at radius 3 is 2.47 bits per heavy atom. The van der Waals surface area contributed by atoms with Crippen molar-refractivity contribution in [3.8, 4) is 6.07 Å². The van der Waals surface area contributed by atoms with Crippen LogP contribution in [0.4, 0.5) is 4.39 Å². The van der Waals surface area contributed by atoms with Gasteiger partial charge in [0.25, 0.3) is 0 Å². The van der Waals surface area contributed by atoms with Crippen molar-refractivity contribution < 1.29 is 8.82 Å². The third kappa shape index (κ3) is 3.00. The highest BCUT2D eigenvalue weighted by molar-refractivity contribution is 6.69. The number of fused-ring (bicyclic) bond motifs is 1. The van der Waals surface area contributed by atoms with Gasteiger partial charge in [-0.2, -0.15) is 5.26 Å². The molecule has 1 unspecified atom stereocenters. The van der Waals surface area contributed by atoms with E-state index >= 15 is 0 Å². The van der Waals surface area contributed by atoms with E-state index in [9.17, 15) is 9.65 Å². The molecule has 2 aromatic rings. The lowest BCUT2D eigenvalue weighted by molar-refractivity contribution is 0.251. The van der Waals surface area contributed by atoms with Gasteiger partial charge in [-0.15, -0.1) is 0 Å². The first-order chi connectivity index (χ1) is 8.92. The van der Waals surface area contributed by atoms with E-state index in [0.717, 1.165) is 10.8 Å². The monoisotopic (exact) mass is 273 g/mol. The molecule has 0 aliphatic rings. The number of rotatable bonds is 3.